The minimum atomic E-state index is -0.982. The Morgan fingerprint density at radius 3 is 2.39 bits per heavy atom. The molecule has 0 radical (unpaired) electrons. The van der Waals surface area contributed by atoms with Gasteiger partial charge >= 0.3 is 0 Å². The normalized spacial score (nSPS) is 10.4. The van der Waals surface area contributed by atoms with E-state index in [1.165, 1.54) is 12.1 Å². The molecule has 1 heterocycles. The first-order valence-corrected chi connectivity index (χ1v) is 8.56. The average Bonchev–Trinajstić information content (AvgIpc) is 2.66. The summed E-state index contributed by atoms with van der Waals surface area (Å²) in [6, 6.07) is 11.8. The van der Waals surface area contributed by atoms with Crippen LogP contribution in [0, 0.1) is 18.6 Å². The number of nitrogens with zero attached hydrogens (tertiary/aromatic N) is 2. The third kappa shape index (κ3) is 4.79. The van der Waals surface area contributed by atoms with E-state index < -0.39 is 17.5 Å². The summed E-state index contributed by atoms with van der Waals surface area (Å²) in [4.78, 5) is 20.8. The first-order chi connectivity index (χ1) is 13.4. The van der Waals surface area contributed by atoms with Gasteiger partial charge in [0.1, 0.15) is 23.1 Å². The fourth-order valence-electron chi connectivity index (χ4n) is 2.47. The molecular weight excluding hydrogens is 366 g/mol. The van der Waals surface area contributed by atoms with Gasteiger partial charge in [-0.2, -0.15) is 0 Å². The number of aryl methyl sites for hydroxylation is 1. The molecule has 144 valence electrons. The van der Waals surface area contributed by atoms with Gasteiger partial charge in [-0.25, -0.2) is 18.7 Å². The third-order valence-corrected chi connectivity index (χ3v) is 3.69. The van der Waals surface area contributed by atoms with Gasteiger partial charge in [0.05, 0.1) is 6.61 Å². The summed E-state index contributed by atoms with van der Waals surface area (Å²) in [7, 11) is 0. The van der Waals surface area contributed by atoms with E-state index in [4.69, 9.17) is 4.74 Å². The zero-order valence-electron chi connectivity index (χ0n) is 15.3. The molecule has 0 spiro atoms. The second kappa shape index (κ2) is 8.43. The van der Waals surface area contributed by atoms with Crippen molar-refractivity contribution in [2.45, 2.75) is 13.8 Å². The van der Waals surface area contributed by atoms with Crippen molar-refractivity contribution in [2.24, 2.45) is 0 Å². The smallest absolute Gasteiger partial charge is 0.274 e. The van der Waals surface area contributed by atoms with Crippen LogP contribution in [-0.4, -0.2) is 22.5 Å². The maximum Gasteiger partial charge on any atom is 0.274 e. The SMILES string of the molecule is CCOc1ccc(NC(=O)c2cc(Nc3ccc(F)c(F)c3)nc(C)n2)cc1. The predicted molar refractivity (Wildman–Crippen MR) is 102 cm³/mol. The molecular formula is C20H18F2N4O2. The van der Waals surface area contributed by atoms with Crippen LogP contribution in [0.4, 0.5) is 26.0 Å². The van der Waals surface area contributed by atoms with E-state index in [-0.39, 0.29) is 11.5 Å². The van der Waals surface area contributed by atoms with Crippen molar-refractivity contribution in [3.05, 3.63) is 71.7 Å². The highest BCUT2D eigenvalue weighted by molar-refractivity contribution is 6.03. The fraction of sp³-hybridized carbons (Fsp3) is 0.150. The van der Waals surface area contributed by atoms with E-state index in [2.05, 4.69) is 20.6 Å². The number of ether oxygens (including phenoxy) is 1. The van der Waals surface area contributed by atoms with E-state index in [1.54, 1.807) is 31.2 Å². The van der Waals surface area contributed by atoms with Crippen molar-refractivity contribution >= 4 is 23.1 Å². The molecule has 2 aromatic carbocycles. The van der Waals surface area contributed by atoms with Gasteiger partial charge in [0.2, 0.25) is 0 Å². The molecule has 0 fully saturated rings. The summed E-state index contributed by atoms with van der Waals surface area (Å²) in [5.41, 5.74) is 1.01. The van der Waals surface area contributed by atoms with Gasteiger partial charge in [-0.3, -0.25) is 4.79 Å². The van der Waals surface area contributed by atoms with Crippen molar-refractivity contribution in [1.82, 2.24) is 9.97 Å². The van der Waals surface area contributed by atoms with Gasteiger partial charge in [-0.05, 0) is 50.2 Å². The number of rotatable bonds is 6. The Bertz CT molecular complexity index is 994. The third-order valence-electron chi connectivity index (χ3n) is 3.69. The summed E-state index contributed by atoms with van der Waals surface area (Å²) in [5.74, 6) is -1.01. The molecule has 1 aromatic heterocycles. The van der Waals surface area contributed by atoms with Crippen molar-refractivity contribution in [3.8, 4) is 5.75 Å². The Balaban J connectivity index is 1.76. The van der Waals surface area contributed by atoms with Gasteiger partial charge in [0.25, 0.3) is 5.91 Å². The molecule has 0 aliphatic heterocycles. The monoisotopic (exact) mass is 384 g/mol. The predicted octanol–water partition coefficient (Wildman–Crippen LogP) is 4.46. The average molecular weight is 384 g/mol. The van der Waals surface area contributed by atoms with Crippen molar-refractivity contribution < 1.29 is 18.3 Å². The standard InChI is InChI=1S/C20H18F2N4O2/c1-3-28-15-7-4-13(5-8-15)26-20(27)18-11-19(24-12(2)23-18)25-14-6-9-16(21)17(22)10-14/h4-11H,3H2,1-2H3,(H,26,27)(H,23,24,25). The van der Waals surface area contributed by atoms with Gasteiger partial charge in [0.15, 0.2) is 11.6 Å². The van der Waals surface area contributed by atoms with Gasteiger partial charge in [-0.15, -0.1) is 0 Å². The number of anilines is 3. The Morgan fingerprint density at radius 1 is 1.00 bits per heavy atom. The number of hydrogen-bond donors (Lipinski definition) is 2. The highest BCUT2D eigenvalue weighted by Gasteiger charge is 2.12. The molecule has 0 atom stereocenters. The quantitative estimate of drug-likeness (QED) is 0.656. The van der Waals surface area contributed by atoms with Crippen molar-refractivity contribution in [1.29, 1.82) is 0 Å². The minimum absolute atomic E-state index is 0.131. The van der Waals surface area contributed by atoms with Crippen LogP contribution in [-0.2, 0) is 0 Å². The fourth-order valence-corrected chi connectivity index (χ4v) is 2.47. The first kappa shape index (κ1) is 19.2. The molecule has 6 nitrogen and oxygen atoms in total. The Morgan fingerprint density at radius 2 is 1.71 bits per heavy atom. The van der Waals surface area contributed by atoms with E-state index in [9.17, 15) is 13.6 Å². The van der Waals surface area contributed by atoms with Crippen LogP contribution in [0.2, 0.25) is 0 Å². The summed E-state index contributed by atoms with van der Waals surface area (Å²) in [6.07, 6.45) is 0. The molecule has 0 saturated heterocycles. The van der Waals surface area contributed by atoms with E-state index in [0.29, 0.717) is 29.6 Å². The molecule has 0 unspecified atom stereocenters. The van der Waals surface area contributed by atoms with Crippen LogP contribution in [0.15, 0.2) is 48.5 Å². The largest absolute Gasteiger partial charge is 0.494 e. The van der Waals surface area contributed by atoms with Gasteiger partial charge in [-0.1, -0.05) is 0 Å². The summed E-state index contributed by atoms with van der Waals surface area (Å²) >= 11 is 0. The molecule has 0 bridgehead atoms. The molecule has 0 aliphatic rings. The highest BCUT2D eigenvalue weighted by atomic mass is 19.2. The lowest BCUT2D eigenvalue weighted by Gasteiger charge is -2.10. The highest BCUT2D eigenvalue weighted by Crippen LogP contribution is 2.20. The van der Waals surface area contributed by atoms with Gasteiger partial charge in [0, 0.05) is 23.5 Å². The molecule has 28 heavy (non-hydrogen) atoms. The minimum Gasteiger partial charge on any atom is -0.494 e. The number of benzene rings is 2. The van der Waals surface area contributed by atoms with Crippen molar-refractivity contribution in [2.75, 3.05) is 17.2 Å². The Hall–Kier alpha value is -3.55. The lowest BCUT2D eigenvalue weighted by Crippen LogP contribution is -2.15. The first-order valence-electron chi connectivity index (χ1n) is 8.56. The maximum absolute atomic E-state index is 13.4. The van der Waals surface area contributed by atoms with Crippen LogP contribution in [0.1, 0.15) is 23.2 Å². The van der Waals surface area contributed by atoms with Crippen LogP contribution < -0.4 is 15.4 Å². The van der Waals surface area contributed by atoms with E-state index >= 15 is 0 Å². The second-order valence-corrected chi connectivity index (χ2v) is 5.85. The van der Waals surface area contributed by atoms with Gasteiger partial charge < -0.3 is 15.4 Å². The molecule has 1 amide bonds. The number of carbonyl (C=O) groups is 1. The maximum atomic E-state index is 13.4. The van der Waals surface area contributed by atoms with Crippen LogP contribution >= 0.6 is 0 Å². The number of amides is 1. The molecule has 8 heteroatoms. The summed E-state index contributed by atoms with van der Waals surface area (Å²) < 4.78 is 31.8. The lowest BCUT2D eigenvalue weighted by molar-refractivity contribution is 0.102. The lowest BCUT2D eigenvalue weighted by atomic mass is 10.2. The van der Waals surface area contributed by atoms with Crippen LogP contribution in [0.3, 0.4) is 0 Å². The van der Waals surface area contributed by atoms with Crippen LogP contribution in [0.5, 0.6) is 5.75 Å². The topological polar surface area (TPSA) is 76.1 Å². The number of hydrogen-bond acceptors (Lipinski definition) is 5. The molecule has 0 saturated carbocycles. The summed E-state index contributed by atoms with van der Waals surface area (Å²) in [5, 5.41) is 5.58. The molecule has 2 N–H and O–H groups in total. The molecule has 0 aliphatic carbocycles. The zero-order valence-corrected chi connectivity index (χ0v) is 15.3. The number of aromatic nitrogens is 2. The Kier molecular flexibility index (Phi) is 5.78. The zero-order chi connectivity index (χ0) is 20.1. The summed E-state index contributed by atoms with van der Waals surface area (Å²) in [6.45, 7) is 4.07. The number of carbonyl (C=O) groups excluding carboxylic acids is 1. The number of nitrogens with one attached hydrogen (secondary N) is 2. The molecule has 3 rings (SSSR count). The molecule has 3 aromatic rings. The van der Waals surface area contributed by atoms with E-state index in [1.807, 2.05) is 6.92 Å². The van der Waals surface area contributed by atoms with Crippen molar-refractivity contribution in [3.63, 3.8) is 0 Å². The second-order valence-electron chi connectivity index (χ2n) is 5.85. The number of halogens is 2. The van der Waals surface area contributed by atoms with E-state index in [0.717, 1.165) is 12.1 Å². The van der Waals surface area contributed by atoms with Crippen LogP contribution in [0.25, 0.3) is 0 Å². The Labute approximate surface area is 160 Å².